The molecule has 0 amide bonds. The molecular formula is C18H20N6. The van der Waals surface area contributed by atoms with Gasteiger partial charge in [-0.25, -0.2) is 0 Å². The standard InChI is InChI=1S/C18H20N6/c1-2-5-15(6-3-1)7-4-10-20-18-23-17(14-22-24-18)21-13-16-8-11-19-12-9-16/h1-3,5-6,8-9,11-12,14H,4,7,10,13H2,(H2,20,21,23,24). The summed E-state index contributed by atoms with van der Waals surface area (Å²) >= 11 is 0. The largest absolute Gasteiger partial charge is 0.365 e. The molecule has 6 heteroatoms. The number of rotatable bonds is 8. The van der Waals surface area contributed by atoms with Crippen molar-refractivity contribution in [3.8, 4) is 0 Å². The van der Waals surface area contributed by atoms with E-state index in [9.17, 15) is 0 Å². The average Bonchev–Trinajstić information content (AvgIpc) is 2.66. The minimum atomic E-state index is 0.544. The monoisotopic (exact) mass is 320 g/mol. The summed E-state index contributed by atoms with van der Waals surface area (Å²) in [5.74, 6) is 1.25. The SMILES string of the molecule is c1ccc(CCCNc2nncc(NCc3ccncc3)n2)cc1. The summed E-state index contributed by atoms with van der Waals surface area (Å²) < 4.78 is 0. The Morgan fingerprint density at radius 3 is 2.54 bits per heavy atom. The van der Waals surface area contributed by atoms with Crippen LogP contribution in [0.3, 0.4) is 0 Å². The number of hydrogen-bond donors (Lipinski definition) is 2. The third kappa shape index (κ3) is 5.01. The van der Waals surface area contributed by atoms with E-state index in [0.29, 0.717) is 18.3 Å². The average molecular weight is 320 g/mol. The van der Waals surface area contributed by atoms with Crippen molar-refractivity contribution in [2.45, 2.75) is 19.4 Å². The molecule has 0 aliphatic rings. The molecule has 0 spiro atoms. The van der Waals surface area contributed by atoms with E-state index in [2.05, 4.69) is 55.1 Å². The molecule has 0 unspecified atom stereocenters. The van der Waals surface area contributed by atoms with Crippen molar-refractivity contribution in [3.05, 3.63) is 72.2 Å². The zero-order valence-electron chi connectivity index (χ0n) is 13.4. The molecule has 2 aromatic heterocycles. The number of benzene rings is 1. The molecule has 0 bridgehead atoms. The van der Waals surface area contributed by atoms with E-state index in [1.54, 1.807) is 18.6 Å². The zero-order valence-corrected chi connectivity index (χ0v) is 13.4. The van der Waals surface area contributed by atoms with Crippen LogP contribution in [0, 0.1) is 0 Å². The maximum Gasteiger partial charge on any atom is 0.244 e. The number of anilines is 2. The Morgan fingerprint density at radius 1 is 0.875 bits per heavy atom. The van der Waals surface area contributed by atoms with Gasteiger partial charge in [-0.3, -0.25) is 4.98 Å². The van der Waals surface area contributed by atoms with Crippen molar-refractivity contribution >= 4 is 11.8 Å². The molecule has 1 aromatic carbocycles. The number of pyridine rings is 1. The van der Waals surface area contributed by atoms with Crippen molar-refractivity contribution in [1.29, 1.82) is 0 Å². The Bertz CT molecular complexity index is 733. The lowest BCUT2D eigenvalue weighted by atomic mass is 10.1. The van der Waals surface area contributed by atoms with E-state index >= 15 is 0 Å². The summed E-state index contributed by atoms with van der Waals surface area (Å²) in [7, 11) is 0. The first-order valence-corrected chi connectivity index (χ1v) is 8.00. The van der Waals surface area contributed by atoms with Gasteiger partial charge in [0.05, 0.1) is 6.20 Å². The lowest BCUT2D eigenvalue weighted by molar-refractivity contribution is 0.842. The molecule has 2 heterocycles. The Balaban J connectivity index is 1.45. The van der Waals surface area contributed by atoms with Crippen LogP contribution >= 0.6 is 0 Å². The highest BCUT2D eigenvalue weighted by Gasteiger charge is 2.00. The van der Waals surface area contributed by atoms with Crippen LogP contribution < -0.4 is 10.6 Å². The Hall–Kier alpha value is -3.02. The second kappa shape index (κ2) is 8.57. The van der Waals surface area contributed by atoms with Crippen molar-refractivity contribution in [2.75, 3.05) is 17.2 Å². The van der Waals surface area contributed by atoms with Crippen LogP contribution in [0.1, 0.15) is 17.5 Å². The maximum atomic E-state index is 4.42. The Morgan fingerprint density at radius 2 is 1.71 bits per heavy atom. The second-order valence-corrected chi connectivity index (χ2v) is 5.39. The quantitative estimate of drug-likeness (QED) is 0.622. The van der Waals surface area contributed by atoms with E-state index in [0.717, 1.165) is 24.9 Å². The summed E-state index contributed by atoms with van der Waals surface area (Å²) in [5.41, 5.74) is 2.48. The van der Waals surface area contributed by atoms with Gasteiger partial charge in [0, 0.05) is 25.5 Å². The van der Waals surface area contributed by atoms with Crippen LogP contribution in [0.25, 0.3) is 0 Å². The highest BCUT2D eigenvalue weighted by atomic mass is 15.3. The number of aromatic nitrogens is 4. The van der Waals surface area contributed by atoms with Gasteiger partial charge < -0.3 is 10.6 Å². The van der Waals surface area contributed by atoms with E-state index in [-0.39, 0.29) is 0 Å². The van der Waals surface area contributed by atoms with Crippen LogP contribution in [-0.4, -0.2) is 26.7 Å². The van der Waals surface area contributed by atoms with Gasteiger partial charge in [0.1, 0.15) is 0 Å². The fourth-order valence-electron chi connectivity index (χ4n) is 2.29. The van der Waals surface area contributed by atoms with Crippen LogP contribution in [0.4, 0.5) is 11.8 Å². The molecule has 0 saturated heterocycles. The first-order valence-electron chi connectivity index (χ1n) is 8.00. The fraction of sp³-hybridized carbons (Fsp3) is 0.222. The smallest absolute Gasteiger partial charge is 0.244 e. The molecule has 6 nitrogen and oxygen atoms in total. The molecule has 3 rings (SSSR count). The molecule has 0 saturated carbocycles. The van der Waals surface area contributed by atoms with Gasteiger partial charge >= 0.3 is 0 Å². The molecule has 0 radical (unpaired) electrons. The molecule has 0 fully saturated rings. The zero-order chi connectivity index (χ0) is 16.5. The van der Waals surface area contributed by atoms with Gasteiger partial charge in [0.15, 0.2) is 5.82 Å². The van der Waals surface area contributed by atoms with Gasteiger partial charge in [-0.15, -0.1) is 5.10 Å². The van der Waals surface area contributed by atoms with E-state index in [1.165, 1.54) is 5.56 Å². The first kappa shape index (κ1) is 15.9. The van der Waals surface area contributed by atoms with Gasteiger partial charge in [0.25, 0.3) is 0 Å². The van der Waals surface area contributed by atoms with Gasteiger partial charge in [-0.05, 0) is 36.1 Å². The molecular weight excluding hydrogens is 300 g/mol. The molecule has 0 aliphatic carbocycles. The summed E-state index contributed by atoms with van der Waals surface area (Å²) in [6.45, 7) is 1.49. The van der Waals surface area contributed by atoms with Crippen LogP contribution in [0.2, 0.25) is 0 Å². The van der Waals surface area contributed by atoms with Crippen molar-refractivity contribution in [2.24, 2.45) is 0 Å². The normalized spacial score (nSPS) is 10.3. The van der Waals surface area contributed by atoms with E-state index in [1.807, 2.05) is 18.2 Å². The maximum absolute atomic E-state index is 4.42. The second-order valence-electron chi connectivity index (χ2n) is 5.39. The highest BCUT2D eigenvalue weighted by Crippen LogP contribution is 2.07. The van der Waals surface area contributed by atoms with Crippen LogP contribution in [0.15, 0.2) is 61.1 Å². The van der Waals surface area contributed by atoms with Gasteiger partial charge in [-0.1, -0.05) is 30.3 Å². The van der Waals surface area contributed by atoms with Crippen LogP contribution in [-0.2, 0) is 13.0 Å². The lowest BCUT2D eigenvalue weighted by Gasteiger charge is -2.07. The summed E-state index contributed by atoms with van der Waals surface area (Å²) in [6.07, 6.45) is 7.21. The molecule has 0 aliphatic heterocycles. The summed E-state index contributed by atoms with van der Waals surface area (Å²) in [4.78, 5) is 8.42. The van der Waals surface area contributed by atoms with Crippen molar-refractivity contribution in [3.63, 3.8) is 0 Å². The van der Waals surface area contributed by atoms with Crippen molar-refractivity contribution in [1.82, 2.24) is 20.2 Å². The summed E-state index contributed by atoms with van der Waals surface area (Å²) in [5, 5.41) is 14.5. The topological polar surface area (TPSA) is 75.6 Å². The number of nitrogens with zero attached hydrogens (tertiary/aromatic N) is 4. The van der Waals surface area contributed by atoms with Crippen LogP contribution in [0.5, 0.6) is 0 Å². The lowest BCUT2D eigenvalue weighted by Crippen LogP contribution is -2.09. The number of nitrogens with one attached hydrogen (secondary N) is 2. The van der Waals surface area contributed by atoms with Crippen molar-refractivity contribution < 1.29 is 0 Å². The fourth-order valence-corrected chi connectivity index (χ4v) is 2.29. The Kier molecular flexibility index (Phi) is 5.66. The van der Waals surface area contributed by atoms with Gasteiger partial charge in [0.2, 0.25) is 5.95 Å². The van der Waals surface area contributed by atoms with E-state index in [4.69, 9.17) is 0 Å². The predicted molar refractivity (Wildman–Crippen MR) is 94.6 cm³/mol. The minimum absolute atomic E-state index is 0.544. The molecule has 0 atom stereocenters. The number of aryl methyl sites for hydroxylation is 1. The molecule has 2 N–H and O–H groups in total. The first-order chi connectivity index (χ1) is 11.9. The third-order valence-electron chi connectivity index (χ3n) is 3.55. The molecule has 3 aromatic rings. The molecule has 122 valence electrons. The third-order valence-corrected chi connectivity index (χ3v) is 3.55. The highest BCUT2D eigenvalue weighted by molar-refractivity contribution is 5.37. The minimum Gasteiger partial charge on any atom is -0.365 e. The molecule has 24 heavy (non-hydrogen) atoms. The predicted octanol–water partition coefficient (Wildman–Crippen LogP) is 2.92. The van der Waals surface area contributed by atoms with E-state index < -0.39 is 0 Å². The van der Waals surface area contributed by atoms with Gasteiger partial charge in [-0.2, -0.15) is 10.1 Å². The number of hydrogen-bond acceptors (Lipinski definition) is 6. The summed E-state index contributed by atoms with van der Waals surface area (Å²) in [6, 6.07) is 14.4. The Labute approximate surface area is 141 Å².